The summed E-state index contributed by atoms with van der Waals surface area (Å²) in [6, 6.07) is 8.66. The average molecular weight is 326 g/mol. The third-order valence-electron chi connectivity index (χ3n) is 3.98. The van der Waals surface area contributed by atoms with Gasteiger partial charge in [0.1, 0.15) is 0 Å². The Morgan fingerprint density at radius 3 is 2.42 bits per heavy atom. The Kier molecular flexibility index (Phi) is 4.55. The number of nitrogens with zero attached hydrogens (tertiary/aromatic N) is 5. The Balaban J connectivity index is 1.65. The molecule has 2 heterocycles. The lowest BCUT2D eigenvalue weighted by atomic mass is 10.1. The summed E-state index contributed by atoms with van der Waals surface area (Å²) < 4.78 is 0. The van der Waals surface area contributed by atoms with E-state index in [0.717, 1.165) is 32.0 Å². The Labute approximate surface area is 143 Å². The average Bonchev–Trinajstić information content (AvgIpc) is 2.54. The summed E-state index contributed by atoms with van der Waals surface area (Å²) >= 11 is 0. The van der Waals surface area contributed by atoms with Crippen LogP contribution in [0, 0.1) is 6.92 Å². The smallest absolute Gasteiger partial charge is 0.247 e. The van der Waals surface area contributed by atoms with E-state index in [2.05, 4.69) is 82.3 Å². The molecular weight excluding hydrogens is 300 g/mol. The fraction of sp³-hybridized carbons (Fsp3) is 0.500. The minimum atomic E-state index is -0.0445. The molecule has 6 nitrogen and oxygen atoms in total. The van der Waals surface area contributed by atoms with Gasteiger partial charge in [0.25, 0.3) is 0 Å². The van der Waals surface area contributed by atoms with E-state index in [1.54, 1.807) is 6.20 Å². The molecule has 0 unspecified atom stereocenters. The number of piperazine rings is 1. The van der Waals surface area contributed by atoms with E-state index in [-0.39, 0.29) is 5.54 Å². The Hall–Kier alpha value is -2.37. The SMILES string of the molecule is Cc1cccc(N2CCN(c3nncc(NC(C)(C)C)n3)CC2)c1. The third kappa shape index (κ3) is 4.13. The van der Waals surface area contributed by atoms with Gasteiger partial charge in [-0.15, -0.1) is 5.10 Å². The van der Waals surface area contributed by atoms with E-state index >= 15 is 0 Å². The lowest BCUT2D eigenvalue weighted by Crippen LogP contribution is -2.47. The van der Waals surface area contributed by atoms with Gasteiger partial charge in [0, 0.05) is 37.4 Å². The minimum absolute atomic E-state index is 0.0445. The van der Waals surface area contributed by atoms with Gasteiger partial charge >= 0.3 is 0 Å². The molecule has 1 N–H and O–H groups in total. The topological polar surface area (TPSA) is 57.2 Å². The van der Waals surface area contributed by atoms with Crippen molar-refractivity contribution in [3.63, 3.8) is 0 Å². The van der Waals surface area contributed by atoms with E-state index in [9.17, 15) is 0 Å². The van der Waals surface area contributed by atoms with E-state index in [1.807, 2.05) is 0 Å². The number of rotatable bonds is 3. The van der Waals surface area contributed by atoms with Crippen LogP contribution in [0.5, 0.6) is 0 Å². The van der Waals surface area contributed by atoms with Gasteiger partial charge in [-0.05, 0) is 45.4 Å². The van der Waals surface area contributed by atoms with Crippen molar-refractivity contribution >= 4 is 17.5 Å². The summed E-state index contributed by atoms with van der Waals surface area (Å²) in [7, 11) is 0. The van der Waals surface area contributed by atoms with Gasteiger partial charge in [-0.25, -0.2) is 0 Å². The molecular formula is C18H26N6. The molecule has 0 bridgehead atoms. The summed E-state index contributed by atoms with van der Waals surface area (Å²) in [4.78, 5) is 9.23. The molecule has 0 saturated carbocycles. The summed E-state index contributed by atoms with van der Waals surface area (Å²) in [5, 5.41) is 11.7. The molecule has 0 amide bonds. The van der Waals surface area contributed by atoms with Crippen LogP contribution in [0.1, 0.15) is 26.3 Å². The van der Waals surface area contributed by atoms with Crippen LogP contribution in [0.4, 0.5) is 17.5 Å². The maximum Gasteiger partial charge on any atom is 0.247 e. The lowest BCUT2D eigenvalue weighted by molar-refractivity contribution is 0.619. The van der Waals surface area contributed by atoms with Crippen LogP contribution in [0.3, 0.4) is 0 Å². The highest BCUT2D eigenvalue weighted by Crippen LogP contribution is 2.20. The number of anilines is 3. The van der Waals surface area contributed by atoms with Crippen LogP contribution < -0.4 is 15.1 Å². The first-order valence-corrected chi connectivity index (χ1v) is 8.45. The molecule has 1 aromatic carbocycles. The van der Waals surface area contributed by atoms with E-state index in [4.69, 9.17) is 0 Å². The van der Waals surface area contributed by atoms with Gasteiger partial charge in [0.15, 0.2) is 5.82 Å². The van der Waals surface area contributed by atoms with Gasteiger partial charge in [-0.1, -0.05) is 12.1 Å². The summed E-state index contributed by atoms with van der Waals surface area (Å²) in [5.74, 6) is 1.47. The first-order valence-electron chi connectivity index (χ1n) is 8.45. The van der Waals surface area contributed by atoms with E-state index < -0.39 is 0 Å². The van der Waals surface area contributed by atoms with Gasteiger partial charge in [0.05, 0.1) is 6.20 Å². The highest BCUT2D eigenvalue weighted by Gasteiger charge is 2.20. The maximum absolute atomic E-state index is 4.62. The van der Waals surface area contributed by atoms with Gasteiger partial charge in [0.2, 0.25) is 5.95 Å². The molecule has 2 aromatic rings. The second-order valence-corrected chi connectivity index (χ2v) is 7.33. The number of hydrogen-bond donors (Lipinski definition) is 1. The van der Waals surface area contributed by atoms with Crippen molar-refractivity contribution in [1.29, 1.82) is 0 Å². The van der Waals surface area contributed by atoms with Crippen LogP contribution in [-0.4, -0.2) is 46.9 Å². The molecule has 6 heteroatoms. The molecule has 1 saturated heterocycles. The minimum Gasteiger partial charge on any atom is -0.368 e. The predicted molar refractivity (Wildman–Crippen MR) is 98.8 cm³/mol. The van der Waals surface area contributed by atoms with Crippen LogP contribution >= 0.6 is 0 Å². The van der Waals surface area contributed by atoms with Crippen molar-refractivity contribution in [3.05, 3.63) is 36.0 Å². The van der Waals surface area contributed by atoms with Crippen molar-refractivity contribution in [2.24, 2.45) is 0 Å². The maximum atomic E-state index is 4.62. The van der Waals surface area contributed by atoms with Crippen molar-refractivity contribution in [3.8, 4) is 0 Å². The molecule has 1 aliphatic heterocycles. The number of aryl methyl sites for hydroxylation is 1. The number of hydrogen-bond acceptors (Lipinski definition) is 6. The zero-order valence-electron chi connectivity index (χ0n) is 15.0. The monoisotopic (exact) mass is 326 g/mol. The van der Waals surface area contributed by atoms with Crippen molar-refractivity contribution in [1.82, 2.24) is 15.2 Å². The Morgan fingerprint density at radius 1 is 1.04 bits per heavy atom. The van der Waals surface area contributed by atoms with Crippen LogP contribution in [-0.2, 0) is 0 Å². The molecule has 0 radical (unpaired) electrons. The number of nitrogens with one attached hydrogen (secondary N) is 1. The van der Waals surface area contributed by atoms with Gasteiger partial charge in [-0.3, -0.25) is 0 Å². The quantitative estimate of drug-likeness (QED) is 0.936. The third-order valence-corrected chi connectivity index (χ3v) is 3.98. The zero-order chi connectivity index (χ0) is 17.2. The summed E-state index contributed by atoms with van der Waals surface area (Å²) in [5.41, 5.74) is 2.54. The Morgan fingerprint density at radius 2 is 1.75 bits per heavy atom. The molecule has 1 fully saturated rings. The lowest BCUT2D eigenvalue weighted by Gasteiger charge is -2.36. The first kappa shape index (κ1) is 16.5. The molecule has 1 aromatic heterocycles. The highest BCUT2D eigenvalue weighted by atomic mass is 15.4. The summed E-state index contributed by atoms with van der Waals surface area (Å²) in [6.07, 6.45) is 1.68. The number of aromatic nitrogens is 3. The fourth-order valence-corrected chi connectivity index (χ4v) is 2.86. The molecule has 0 aliphatic carbocycles. The predicted octanol–water partition coefficient (Wildman–Crippen LogP) is 2.72. The molecule has 0 atom stereocenters. The van der Waals surface area contributed by atoms with Gasteiger partial charge < -0.3 is 15.1 Å². The second-order valence-electron chi connectivity index (χ2n) is 7.33. The molecule has 128 valence electrons. The van der Waals surface area contributed by atoms with Crippen molar-refractivity contribution < 1.29 is 0 Å². The fourth-order valence-electron chi connectivity index (χ4n) is 2.86. The molecule has 24 heavy (non-hydrogen) atoms. The van der Waals surface area contributed by atoms with Gasteiger partial charge in [-0.2, -0.15) is 10.1 Å². The molecule has 3 rings (SSSR count). The normalized spacial score (nSPS) is 15.5. The molecule has 0 spiro atoms. The van der Waals surface area contributed by atoms with Crippen LogP contribution in [0.25, 0.3) is 0 Å². The summed E-state index contributed by atoms with van der Waals surface area (Å²) in [6.45, 7) is 12.2. The largest absolute Gasteiger partial charge is 0.368 e. The van der Waals surface area contributed by atoms with Crippen LogP contribution in [0.15, 0.2) is 30.5 Å². The van der Waals surface area contributed by atoms with E-state index in [1.165, 1.54) is 11.3 Å². The van der Waals surface area contributed by atoms with E-state index in [0.29, 0.717) is 5.95 Å². The Bertz CT molecular complexity index is 686. The highest BCUT2D eigenvalue weighted by molar-refractivity contribution is 5.50. The first-order chi connectivity index (χ1) is 11.4. The second kappa shape index (κ2) is 6.63. The number of benzene rings is 1. The molecule has 1 aliphatic rings. The zero-order valence-corrected chi connectivity index (χ0v) is 15.0. The standard InChI is InChI=1S/C18H26N6/c1-14-6-5-7-15(12-14)23-8-10-24(11-9-23)17-20-16(13-19-22-17)21-18(2,3)4/h5-7,12-13H,8-11H2,1-4H3,(H,20,21,22). The van der Waals surface area contributed by atoms with Crippen LogP contribution in [0.2, 0.25) is 0 Å². The van der Waals surface area contributed by atoms with Crippen molar-refractivity contribution in [2.45, 2.75) is 33.2 Å². The van der Waals surface area contributed by atoms with Crippen molar-refractivity contribution in [2.75, 3.05) is 41.3 Å².